The molecule has 1 amide bonds. The van der Waals surface area contributed by atoms with Crippen molar-refractivity contribution in [2.45, 2.75) is 13.0 Å². The SMILES string of the molecule is CC(NCCNC(=O)O)c1cccc(Cl)c1. The highest BCUT2D eigenvalue weighted by Gasteiger charge is 2.04. The normalized spacial score (nSPS) is 12.1. The number of amides is 1. The highest BCUT2D eigenvalue weighted by atomic mass is 35.5. The van der Waals surface area contributed by atoms with E-state index in [-0.39, 0.29) is 6.04 Å². The molecular formula is C11H15ClN2O2. The van der Waals surface area contributed by atoms with Crippen molar-refractivity contribution in [3.8, 4) is 0 Å². The zero-order valence-electron chi connectivity index (χ0n) is 9.03. The van der Waals surface area contributed by atoms with E-state index in [1.807, 2.05) is 31.2 Å². The van der Waals surface area contributed by atoms with E-state index < -0.39 is 6.09 Å². The molecule has 88 valence electrons. The van der Waals surface area contributed by atoms with Gasteiger partial charge in [-0.3, -0.25) is 0 Å². The number of carbonyl (C=O) groups is 1. The van der Waals surface area contributed by atoms with E-state index >= 15 is 0 Å². The fraction of sp³-hybridized carbons (Fsp3) is 0.364. The minimum Gasteiger partial charge on any atom is -0.465 e. The van der Waals surface area contributed by atoms with Gasteiger partial charge >= 0.3 is 6.09 Å². The van der Waals surface area contributed by atoms with E-state index in [0.717, 1.165) is 5.56 Å². The van der Waals surface area contributed by atoms with Crippen molar-refractivity contribution in [3.05, 3.63) is 34.9 Å². The molecule has 0 aliphatic carbocycles. The zero-order chi connectivity index (χ0) is 12.0. The lowest BCUT2D eigenvalue weighted by Crippen LogP contribution is -2.31. The zero-order valence-corrected chi connectivity index (χ0v) is 9.79. The van der Waals surface area contributed by atoms with Crippen molar-refractivity contribution in [1.82, 2.24) is 10.6 Å². The average Bonchev–Trinajstić information content (AvgIpc) is 2.24. The van der Waals surface area contributed by atoms with Gasteiger partial charge in [0.25, 0.3) is 0 Å². The number of carboxylic acid groups (broad SMARTS) is 1. The summed E-state index contributed by atoms with van der Waals surface area (Å²) < 4.78 is 0. The molecule has 5 heteroatoms. The van der Waals surface area contributed by atoms with Gasteiger partial charge in [-0.1, -0.05) is 23.7 Å². The van der Waals surface area contributed by atoms with Crippen LogP contribution in [-0.4, -0.2) is 24.3 Å². The third-order valence-electron chi connectivity index (χ3n) is 2.20. The maximum Gasteiger partial charge on any atom is 0.404 e. The smallest absolute Gasteiger partial charge is 0.404 e. The van der Waals surface area contributed by atoms with Gasteiger partial charge in [0.2, 0.25) is 0 Å². The predicted molar refractivity (Wildman–Crippen MR) is 63.9 cm³/mol. The lowest BCUT2D eigenvalue weighted by atomic mass is 10.1. The van der Waals surface area contributed by atoms with Crippen LogP contribution >= 0.6 is 11.6 Å². The Hall–Kier alpha value is -1.26. The molecule has 0 saturated heterocycles. The van der Waals surface area contributed by atoms with E-state index in [9.17, 15) is 4.79 Å². The molecule has 1 aromatic rings. The quantitative estimate of drug-likeness (QED) is 0.694. The number of rotatable bonds is 5. The van der Waals surface area contributed by atoms with E-state index in [1.54, 1.807) is 0 Å². The molecule has 0 spiro atoms. The lowest BCUT2D eigenvalue weighted by Gasteiger charge is -2.14. The Balaban J connectivity index is 2.35. The summed E-state index contributed by atoms with van der Waals surface area (Å²) in [5, 5.41) is 14.6. The highest BCUT2D eigenvalue weighted by molar-refractivity contribution is 6.30. The summed E-state index contributed by atoms with van der Waals surface area (Å²) in [4.78, 5) is 10.2. The van der Waals surface area contributed by atoms with Crippen molar-refractivity contribution >= 4 is 17.7 Å². The van der Waals surface area contributed by atoms with Crippen LogP contribution in [0.2, 0.25) is 5.02 Å². The van der Waals surface area contributed by atoms with E-state index in [1.165, 1.54) is 0 Å². The van der Waals surface area contributed by atoms with E-state index in [2.05, 4.69) is 10.6 Å². The first-order valence-electron chi connectivity index (χ1n) is 5.05. The van der Waals surface area contributed by atoms with Crippen molar-refractivity contribution < 1.29 is 9.90 Å². The molecule has 1 unspecified atom stereocenters. The average molecular weight is 243 g/mol. The van der Waals surface area contributed by atoms with Gasteiger partial charge in [0.05, 0.1) is 0 Å². The second-order valence-electron chi connectivity index (χ2n) is 3.46. The number of hydrogen-bond acceptors (Lipinski definition) is 2. The number of benzene rings is 1. The maximum atomic E-state index is 10.2. The maximum absolute atomic E-state index is 10.2. The van der Waals surface area contributed by atoms with Crippen molar-refractivity contribution in [2.24, 2.45) is 0 Å². The molecule has 0 aromatic heterocycles. The summed E-state index contributed by atoms with van der Waals surface area (Å²) in [5.41, 5.74) is 1.09. The Morgan fingerprint density at radius 3 is 2.88 bits per heavy atom. The van der Waals surface area contributed by atoms with Crippen LogP contribution in [0.5, 0.6) is 0 Å². The van der Waals surface area contributed by atoms with Gasteiger partial charge in [0, 0.05) is 24.2 Å². The first-order valence-corrected chi connectivity index (χ1v) is 5.43. The number of hydrogen-bond donors (Lipinski definition) is 3. The van der Waals surface area contributed by atoms with Crippen molar-refractivity contribution in [3.63, 3.8) is 0 Å². The fourth-order valence-electron chi connectivity index (χ4n) is 1.35. The second kappa shape index (κ2) is 6.35. The molecule has 0 bridgehead atoms. The summed E-state index contributed by atoms with van der Waals surface area (Å²) in [6, 6.07) is 7.74. The second-order valence-corrected chi connectivity index (χ2v) is 3.90. The van der Waals surface area contributed by atoms with Crippen LogP contribution in [-0.2, 0) is 0 Å². The molecule has 1 aromatic carbocycles. The van der Waals surface area contributed by atoms with E-state index in [4.69, 9.17) is 16.7 Å². The van der Waals surface area contributed by atoms with Crippen LogP contribution in [0.25, 0.3) is 0 Å². The molecule has 16 heavy (non-hydrogen) atoms. The third kappa shape index (κ3) is 4.51. The molecule has 1 atom stereocenters. The Morgan fingerprint density at radius 1 is 1.50 bits per heavy atom. The molecular weight excluding hydrogens is 228 g/mol. The van der Waals surface area contributed by atoms with Gasteiger partial charge in [-0.05, 0) is 24.6 Å². The highest BCUT2D eigenvalue weighted by Crippen LogP contribution is 2.16. The van der Waals surface area contributed by atoms with Crippen LogP contribution in [0.1, 0.15) is 18.5 Å². The largest absolute Gasteiger partial charge is 0.465 e. The van der Waals surface area contributed by atoms with Gasteiger partial charge in [0.1, 0.15) is 0 Å². The summed E-state index contributed by atoms with van der Waals surface area (Å²) in [5.74, 6) is 0. The molecule has 0 saturated carbocycles. The minimum atomic E-state index is -1.00. The summed E-state index contributed by atoms with van der Waals surface area (Å²) >= 11 is 5.87. The minimum absolute atomic E-state index is 0.147. The van der Waals surface area contributed by atoms with Gasteiger partial charge in [-0.2, -0.15) is 0 Å². The molecule has 1 rings (SSSR count). The Bertz CT molecular complexity index is 358. The Morgan fingerprint density at radius 2 is 2.25 bits per heavy atom. The summed E-state index contributed by atoms with van der Waals surface area (Å²) in [6.45, 7) is 2.98. The van der Waals surface area contributed by atoms with Crippen molar-refractivity contribution in [1.29, 1.82) is 0 Å². The van der Waals surface area contributed by atoms with Crippen LogP contribution < -0.4 is 10.6 Å². The van der Waals surface area contributed by atoms with E-state index in [0.29, 0.717) is 18.1 Å². The lowest BCUT2D eigenvalue weighted by molar-refractivity contribution is 0.194. The molecule has 0 heterocycles. The first-order chi connectivity index (χ1) is 7.59. The van der Waals surface area contributed by atoms with Gasteiger partial charge < -0.3 is 15.7 Å². The molecule has 0 fully saturated rings. The van der Waals surface area contributed by atoms with Crippen LogP contribution in [0.3, 0.4) is 0 Å². The van der Waals surface area contributed by atoms with Crippen LogP contribution in [0, 0.1) is 0 Å². The molecule has 0 aliphatic rings. The summed E-state index contributed by atoms with van der Waals surface area (Å²) in [7, 11) is 0. The first kappa shape index (κ1) is 12.8. The molecule has 0 aliphatic heterocycles. The van der Waals surface area contributed by atoms with Gasteiger partial charge in [-0.15, -0.1) is 0 Å². The van der Waals surface area contributed by atoms with Crippen LogP contribution in [0.4, 0.5) is 4.79 Å². The third-order valence-corrected chi connectivity index (χ3v) is 2.44. The predicted octanol–water partition coefficient (Wildman–Crippen LogP) is 2.26. The topological polar surface area (TPSA) is 61.4 Å². The van der Waals surface area contributed by atoms with Gasteiger partial charge in [0.15, 0.2) is 0 Å². The Kier molecular flexibility index (Phi) is 5.08. The molecule has 3 N–H and O–H groups in total. The van der Waals surface area contributed by atoms with Gasteiger partial charge in [-0.25, -0.2) is 4.79 Å². The summed E-state index contributed by atoms with van der Waals surface area (Å²) in [6.07, 6.45) is -1.00. The number of halogens is 1. The number of nitrogens with one attached hydrogen (secondary N) is 2. The molecule has 4 nitrogen and oxygen atoms in total. The fourth-order valence-corrected chi connectivity index (χ4v) is 1.55. The van der Waals surface area contributed by atoms with Crippen LogP contribution in [0.15, 0.2) is 24.3 Å². The Labute approximate surface area is 99.6 Å². The standard InChI is InChI=1S/C11H15ClN2O2/c1-8(13-5-6-14-11(15)16)9-3-2-4-10(12)7-9/h2-4,7-8,13-14H,5-6H2,1H3,(H,15,16). The van der Waals surface area contributed by atoms with Crippen molar-refractivity contribution in [2.75, 3.05) is 13.1 Å². The monoisotopic (exact) mass is 242 g/mol. The molecule has 0 radical (unpaired) electrons.